The number of nitrogens with zero attached hydrogens (tertiary/aromatic N) is 5. The molecule has 0 aliphatic carbocycles. The molecule has 1 aromatic heterocycles. The molecule has 2 rings (SSSR count). The van der Waals surface area contributed by atoms with Crippen molar-refractivity contribution < 1.29 is 9.59 Å². The van der Waals surface area contributed by atoms with E-state index in [2.05, 4.69) is 15.3 Å². The molecule has 110 valence electrons. The number of piperazine rings is 1. The zero-order valence-corrected chi connectivity index (χ0v) is 12.0. The molecule has 0 atom stereocenters. The van der Waals surface area contributed by atoms with Crippen LogP contribution in [-0.2, 0) is 9.59 Å². The highest BCUT2D eigenvalue weighted by molar-refractivity contribution is 5.88. The Morgan fingerprint density at radius 2 is 1.90 bits per heavy atom. The second kappa shape index (κ2) is 6.17. The molecule has 8 heteroatoms. The minimum Gasteiger partial charge on any atom is -0.346 e. The minimum absolute atomic E-state index is 0.0432. The molecule has 1 N–H and O–H groups in total. The van der Waals surface area contributed by atoms with Gasteiger partial charge in [0.2, 0.25) is 23.0 Å². The van der Waals surface area contributed by atoms with Gasteiger partial charge in [-0.15, -0.1) is 0 Å². The number of nitrogens with one attached hydrogen (secondary N) is 1. The van der Waals surface area contributed by atoms with Crippen LogP contribution in [0.1, 0.15) is 13.8 Å². The summed E-state index contributed by atoms with van der Waals surface area (Å²) < 4.78 is 0. The molecule has 0 spiro atoms. The molecule has 1 saturated heterocycles. The van der Waals surface area contributed by atoms with Gasteiger partial charge in [0.25, 0.3) is 0 Å². The number of carbonyl (C=O) groups is 2. The molecule has 2 heterocycles. The molecule has 1 aliphatic rings. The summed E-state index contributed by atoms with van der Waals surface area (Å²) in [6, 6.07) is 3.16. The van der Waals surface area contributed by atoms with Gasteiger partial charge in [-0.1, -0.05) is 0 Å². The number of hydrogen-bond donors (Lipinski definition) is 1. The molecular weight excluding hydrogens is 272 g/mol. The predicted octanol–water partition coefficient (Wildman–Crippen LogP) is 1.19. The first-order valence-corrected chi connectivity index (χ1v) is 6.65. The molecule has 0 radical (unpaired) electrons. The summed E-state index contributed by atoms with van der Waals surface area (Å²) >= 11 is 0. The third-order valence-electron chi connectivity index (χ3n) is 3.29. The Morgan fingerprint density at radius 1 is 1.24 bits per heavy atom. The van der Waals surface area contributed by atoms with Gasteiger partial charge >= 0.3 is 5.69 Å². The fraction of sp³-hybridized carbons (Fsp3) is 0.462. The zero-order valence-electron chi connectivity index (χ0n) is 12.0. The Kier molecular flexibility index (Phi) is 4.33. The van der Waals surface area contributed by atoms with Gasteiger partial charge in [0.15, 0.2) is 4.98 Å². The van der Waals surface area contributed by atoms with E-state index in [-0.39, 0.29) is 11.8 Å². The van der Waals surface area contributed by atoms with E-state index >= 15 is 0 Å². The molecule has 0 unspecified atom stereocenters. The van der Waals surface area contributed by atoms with Crippen LogP contribution >= 0.6 is 0 Å². The van der Waals surface area contributed by atoms with Crippen LogP contribution in [0.25, 0.3) is 4.98 Å². The molecule has 1 aromatic rings. The Balaban J connectivity index is 2.20. The van der Waals surface area contributed by atoms with Crippen LogP contribution in [0.4, 0.5) is 17.3 Å². The average molecular weight is 289 g/mol. The lowest BCUT2D eigenvalue weighted by Crippen LogP contribution is -2.48. The van der Waals surface area contributed by atoms with Gasteiger partial charge in [-0.25, -0.2) is 4.98 Å². The average Bonchev–Trinajstić information content (AvgIpc) is 2.46. The number of amides is 2. The van der Waals surface area contributed by atoms with Crippen molar-refractivity contribution in [3.8, 4) is 0 Å². The quantitative estimate of drug-likeness (QED) is 0.825. The van der Waals surface area contributed by atoms with E-state index in [9.17, 15) is 9.59 Å². The Hall–Kier alpha value is -2.69. The maximum Gasteiger partial charge on any atom is 0.427 e. The SMILES string of the molecule is CC(=O)Nc1ccc([N+]#N)c(N2CCN(C(C)=O)CC2)n1. The van der Waals surface area contributed by atoms with Crippen molar-refractivity contribution in [2.45, 2.75) is 13.8 Å². The molecule has 8 nitrogen and oxygen atoms in total. The summed E-state index contributed by atoms with van der Waals surface area (Å²) in [5.74, 6) is 0.719. The lowest BCUT2D eigenvalue weighted by molar-refractivity contribution is -0.129. The molecule has 0 bridgehead atoms. The fourth-order valence-electron chi connectivity index (χ4n) is 2.23. The summed E-state index contributed by atoms with van der Waals surface area (Å²) in [5.41, 5.74) is 0.334. The number of pyridine rings is 1. The Bertz CT molecular complexity index is 601. The standard InChI is InChI=1S/C13H16N6O2/c1-9(20)15-12-4-3-11(17-14)13(16-12)19-7-5-18(6-8-19)10(2)21/h3-4H,5-8H2,1-2H3/p+1. The molecule has 21 heavy (non-hydrogen) atoms. The summed E-state index contributed by atoms with van der Waals surface area (Å²) in [5, 5.41) is 11.7. The second-order valence-electron chi connectivity index (χ2n) is 4.81. The number of anilines is 2. The second-order valence-corrected chi connectivity index (χ2v) is 4.81. The lowest BCUT2D eigenvalue weighted by Gasteiger charge is -2.34. The molecule has 1 aliphatic heterocycles. The normalized spacial score (nSPS) is 14.5. The van der Waals surface area contributed by atoms with Crippen LogP contribution in [0.2, 0.25) is 0 Å². The summed E-state index contributed by atoms with van der Waals surface area (Å²) in [6.45, 7) is 5.31. The largest absolute Gasteiger partial charge is 0.427 e. The van der Waals surface area contributed by atoms with Crippen LogP contribution in [0, 0.1) is 5.39 Å². The van der Waals surface area contributed by atoms with Crippen molar-refractivity contribution in [3.63, 3.8) is 0 Å². The molecular formula is C13H17N6O2+. The number of aromatic nitrogens is 1. The molecule has 1 fully saturated rings. The van der Waals surface area contributed by atoms with Crippen LogP contribution in [0.5, 0.6) is 0 Å². The first-order valence-electron chi connectivity index (χ1n) is 6.65. The van der Waals surface area contributed by atoms with Crippen LogP contribution in [-0.4, -0.2) is 47.9 Å². The highest BCUT2D eigenvalue weighted by Gasteiger charge is 2.26. The monoisotopic (exact) mass is 289 g/mol. The predicted molar refractivity (Wildman–Crippen MR) is 77.8 cm³/mol. The summed E-state index contributed by atoms with van der Waals surface area (Å²) in [4.78, 5) is 33.6. The van der Waals surface area contributed by atoms with Crippen molar-refractivity contribution >= 4 is 29.1 Å². The van der Waals surface area contributed by atoms with E-state index in [1.165, 1.54) is 6.92 Å². The number of rotatable bonds is 2. The van der Waals surface area contributed by atoms with Crippen molar-refractivity contribution in [1.82, 2.24) is 9.88 Å². The van der Waals surface area contributed by atoms with Gasteiger partial charge in [0, 0.05) is 46.1 Å². The number of diazo groups is 1. The molecule has 0 aromatic carbocycles. The van der Waals surface area contributed by atoms with Gasteiger partial charge < -0.3 is 15.1 Å². The maximum atomic E-state index is 11.3. The minimum atomic E-state index is -0.219. The van der Waals surface area contributed by atoms with Gasteiger partial charge in [0.1, 0.15) is 5.82 Å². The van der Waals surface area contributed by atoms with E-state index in [0.717, 1.165) is 0 Å². The van der Waals surface area contributed by atoms with Gasteiger partial charge in [-0.2, -0.15) is 0 Å². The third-order valence-corrected chi connectivity index (χ3v) is 3.29. The Labute approximate surface area is 122 Å². The number of hydrogen-bond acceptors (Lipinski definition) is 5. The van der Waals surface area contributed by atoms with E-state index in [0.29, 0.717) is 43.5 Å². The van der Waals surface area contributed by atoms with E-state index in [1.54, 1.807) is 24.0 Å². The van der Waals surface area contributed by atoms with Gasteiger partial charge in [-0.3, -0.25) is 9.59 Å². The highest BCUT2D eigenvalue weighted by Crippen LogP contribution is 2.29. The van der Waals surface area contributed by atoms with Crippen molar-refractivity contribution in [2.75, 3.05) is 36.4 Å². The van der Waals surface area contributed by atoms with E-state index in [4.69, 9.17) is 5.39 Å². The molecule has 0 saturated carbocycles. The maximum absolute atomic E-state index is 11.3. The summed E-state index contributed by atoms with van der Waals surface area (Å²) in [7, 11) is 0. The van der Waals surface area contributed by atoms with Crippen LogP contribution in [0.15, 0.2) is 12.1 Å². The lowest BCUT2D eigenvalue weighted by atomic mass is 10.2. The first-order chi connectivity index (χ1) is 10.0. The van der Waals surface area contributed by atoms with Crippen LogP contribution in [0.3, 0.4) is 0 Å². The summed E-state index contributed by atoms with van der Waals surface area (Å²) in [6.07, 6.45) is 0. The first kappa shape index (κ1) is 14.7. The smallest absolute Gasteiger partial charge is 0.346 e. The van der Waals surface area contributed by atoms with Crippen molar-refractivity contribution in [3.05, 3.63) is 17.1 Å². The van der Waals surface area contributed by atoms with Crippen molar-refractivity contribution in [2.24, 2.45) is 0 Å². The van der Waals surface area contributed by atoms with Crippen LogP contribution < -0.4 is 10.2 Å². The Morgan fingerprint density at radius 3 is 2.43 bits per heavy atom. The zero-order chi connectivity index (χ0) is 15.4. The van der Waals surface area contributed by atoms with E-state index in [1.807, 2.05) is 4.90 Å². The van der Waals surface area contributed by atoms with Crippen molar-refractivity contribution in [1.29, 1.82) is 5.39 Å². The highest BCUT2D eigenvalue weighted by atomic mass is 16.2. The third kappa shape index (κ3) is 3.45. The van der Waals surface area contributed by atoms with E-state index < -0.39 is 0 Å². The topological polar surface area (TPSA) is 93.7 Å². The van der Waals surface area contributed by atoms with Gasteiger partial charge in [-0.05, 0) is 6.07 Å². The van der Waals surface area contributed by atoms with Gasteiger partial charge in [0.05, 0.1) is 0 Å². The fourth-order valence-corrected chi connectivity index (χ4v) is 2.23. The number of carbonyl (C=O) groups excluding carboxylic acids is 2. The molecule has 2 amide bonds.